The zero-order valence-electron chi connectivity index (χ0n) is 16.5. The third-order valence-corrected chi connectivity index (χ3v) is 6.27. The molecule has 1 aromatic rings. The Bertz CT molecular complexity index is 872. The fourth-order valence-corrected chi connectivity index (χ4v) is 5.05. The minimum atomic E-state index is -0.922. The standard InChI is InChI=1S/C22H24O7/c1-4-28-16(23)10-7-13-11-15-22(27-3)18(20(13)24)17(19(22)21(25)29-15)12-5-8-14(26-2)9-6-12/h5-11,15,17-20,24H,4H2,1-3H3/b10-7+/t15-,17-,18+,19-,20-,22+/m1/s1. The summed E-state index contributed by atoms with van der Waals surface area (Å²) in [7, 11) is 3.13. The van der Waals surface area contributed by atoms with Crippen LogP contribution in [-0.2, 0) is 23.8 Å². The Morgan fingerprint density at radius 3 is 2.62 bits per heavy atom. The van der Waals surface area contributed by atoms with Crippen LogP contribution in [0.2, 0.25) is 0 Å². The topological polar surface area (TPSA) is 91.3 Å². The van der Waals surface area contributed by atoms with Crippen LogP contribution in [0.25, 0.3) is 0 Å². The number of ether oxygens (including phenoxy) is 4. The van der Waals surface area contributed by atoms with Crippen LogP contribution in [0.15, 0.2) is 48.1 Å². The summed E-state index contributed by atoms with van der Waals surface area (Å²) in [6.07, 6.45) is 2.92. The lowest BCUT2D eigenvalue weighted by Gasteiger charge is -2.59. The zero-order valence-corrected chi connectivity index (χ0v) is 16.5. The van der Waals surface area contributed by atoms with E-state index in [1.807, 2.05) is 24.3 Å². The molecule has 1 heterocycles. The van der Waals surface area contributed by atoms with E-state index < -0.39 is 35.6 Å². The summed E-state index contributed by atoms with van der Waals surface area (Å²) in [5.41, 5.74) is 0.496. The van der Waals surface area contributed by atoms with E-state index in [-0.39, 0.29) is 18.5 Å². The van der Waals surface area contributed by atoms with Gasteiger partial charge in [-0.1, -0.05) is 12.1 Å². The fourth-order valence-electron chi connectivity index (χ4n) is 5.05. The van der Waals surface area contributed by atoms with Crippen molar-refractivity contribution in [1.29, 1.82) is 0 Å². The molecule has 1 N–H and O–H groups in total. The van der Waals surface area contributed by atoms with Crippen molar-refractivity contribution in [2.24, 2.45) is 11.8 Å². The molecule has 1 aliphatic heterocycles. The number of carbonyl (C=O) groups is 2. The highest BCUT2D eigenvalue weighted by Gasteiger charge is 2.77. The van der Waals surface area contributed by atoms with Gasteiger partial charge in [-0.3, -0.25) is 4.79 Å². The molecule has 1 aromatic carbocycles. The molecule has 0 amide bonds. The summed E-state index contributed by atoms with van der Waals surface area (Å²) in [5, 5.41) is 11.1. The van der Waals surface area contributed by atoms with Gasteiger partial charge in [0.1, 0.15) is 11.4 Å². The number of hydrogen-bond donors (Lipinski definition) is 1. The minimum Gasteiger partial charge on any atom is -0.497 e. The van der Waals surface area contributed by atoms with Crippen molar-refractivity contribution in [3.05, 3.63) is 53.6 Å². The maximum Gasteiger partial charge on any atom is 0.330 e. The first-order valence-electron chi connectivity index (χ1n) is 9.62. The molecule has 7 nitrogen and oxygen atoms in total. The van der Waals surface area contributed by atoms with Gasteiger partial charge in [-0.05, 0) is 42.3 Å². The van der Waals surface area contributed by atoms with E-state index in [4.69, 9.17) is 18.9 Å². The van der Waals surface area contributed by atoms with Crippen molar-refractivity contribution >= 4 is 11.9 Å². The van der Waals surface area contributed by atoms with Crippen molar-refractivity contribution in [3.8, 4) is 5.75 Å². The van der Waals surface area contributed by atoms with Crippen molar-refractivity contribution in [1.82, 2.24) is 0 Å². The molecule has 1 saturated heterocycles. The minimum absolute atomic E-state index is 0.266. The van der Waals surface area contributed by atoms with Crippen LogP contribution in [-0.4, -0.2) is 55.7 Å². The molecular weight excluding hydrogens is 376 g/mol. The van der Waals surface area contributed by atoms with E-state index in [0.717, 1.165) is 5.56 Å². The molecule has 1 saturated carbocycles. The van der Waals surface area contributed by atoms with E-state index in [1.54, 1.807) is 27.2 Å². The predicted octanol–water partition coefficient (Wildman–Crippen LogP) is 1.76. The zero-order chi connectivity index (χ0) is 20.8. The van der Waals surface area contributed by atoms with Gasteiger partial charge in [0.25, 0.3) is 0 Å². The van der Waals surface area contributed by atoms with E-state index in [0.29, 0.717) is 11.3 Å². The molecule has 29 heavy (non-hydrogen) atoms. The molecule has 0 bridgehead atoms. The first-order chi connectivity index (χ1) is 14.0. The highest BCUT2D eigenvalue weighted by molar-refractivity contribution is 5.84. The largest absolute Gasteiger partial charge is 0.497 e. The summed E-state index contributed by atoms with van der Waals surface area (Å²) in [6.45, 7) is 1.99. The van der Waals surface area contributed by atoms with Crippen LogP contribution < -0.4 is 4.74 Å². The van der Waals surface area contributed by atoms with E-state index >= 15 is 0 Å². The lowest BCUT2D eigenvalue weighted by atomic mass is 9.47. The van der Waals surface area contributed by atoms with Crippen molar-refractivity contribution < 1.29 is 33.6 Å². The number of carbonyl (C=O) groups excluding carboxylic acids is 2. The van der Waals surface area contributed by atoms with Gasteiger partial charge in [0, 0.05) is 25.0 Å². The molecular formula is C22H24O7. The molecule has 0 aromatic heterocycles. The van der Waals surface area contributed by atoms with Crippen LogP contribution >= 0.6 is 0 Å². The van der Waals surface area contributed by atoms with E-state index in [2.05, 4.69) is 0 Å². The number of methoxy groups -OCH3 is 2. The quantitative estimate of drug-likeness (QED) is 0.575. The molecule has 7 heteroatoms. The van der Waals surface area contributed by atoms with Crippen LogP contribution in [0.5, 0.6) is 5.75 Å². The average molecular weight is 400 g/mol. The Morgan fingerprint density at radius 2 is 2.00 bits per heavy atom. The summed E-state index contributed by atoms with van der Waals surface area (Å²) in [4.78, 5) is 24.4. The number of rotatable bonds is 6. The van der Waals surface area contributed by atoms with Crippen molar-refractivity contribution in [3.63, 3.8) is 0 Å². The molecule has 3 aliphatic rings. The normalized spacial score (nSPS) is 34.8. The maximum absolute atomic E-state index is 12.7. The molecule has 6 atom stereocenters. The number of aliphatic hydroxyl groups is 1. The highest BCUT2D eigenvalue weighted by Crippen LogP contribution is 2.66. The Kier molecular flexibility index (Phi) is 4.96. The smallest absolute Gasteiger partial charge is 0.330 e. The van der Waals surface area contributed by atoms with Gasteiger partial charge < -0.3 is 24.1 Å². The molecule has 154 valence electrons. The van der Waals surface area contributed by atoms with Gasteiger partial charge in [0.15, 0.2) is 6.10 Å². The van der Waals surface area contributed by atoms with Crippen molar-refractivity contribution in [2.75, 3.05) is 20.8 Å². The Labute approximate surface area is 168 Å². The van der Waals surface area contributed by atoms with E-state index in [9.17, 15) is 14.7 Å². The number of benzene rings is 1. The summed E-state index contributed by atoms with van der Waals surface area (Å²) >= 11 is 0. The molecule has 0 spiro atoms. The molecule has 0 radical (unpaired) electrons. The van der Waals surface area contributed by atoms with Gasteiger partial charge >= 0.3 is 11.9 Å². The first-order valence-corrected chi connectivity index (χ1v) is 9.62. The van der Waals surface area contributed by atoms with Crippen LogP contribution in [0.1, 0.15) is 18.4 Å². The second-order valence-corrected chi connectivity index (χ2v) is 7.41. The van der Waals surface area contributed by atoms with E-state index in [1.165, 1.54) is 12.2 Å². The van der Waals surface area contributed by atoms with Crippen LogP contribution in [0.3, 0.4) is 0 Å². The molecule has 2 fully saturated rings. The predicted molar refractivity (Wildman–Crippen MR) is 102 cm³/mol. The molecule has 0 unspecified atom stereocenters. The second kappa shape index (κ2) is 7.31. The molecule has 4 rings (SSSR count). The lowest BCUT2D eigenvalue weighted by molar-refractivity contribution is -0.211. The number of hydrogen-bond acceptors (Lipinski definition) is 7. The summed E-state index contributed by atoms with van der Waals surface area (Å²) < 4.78 is 21.6. The lowest BCUT2D eigenvalue weighted by Crippen LogP contribution is -2.70. The Hall–Kier alpha value is -2.64. The maximum atomic E-state index is 12.7. The van der Waals surface area contributed by atoms with Gasteiger partial charge in [0.2, 0.25) is 0 Å². The first kappa shape index (κ1) is 19.7. The van der Waals surface area contributed by atoms with Crippen molar-refractivity contribution in [2.45, 2.75) is 30.7 Å². The third kappa shape index (κ3) is 2.80. The Morgan fingerprint density at radius 1 is 1.28 bits per heavy atom. The Balaban J connectivity index is 1.71. The van der Waals surface area contributed by atoms with Gasteiger partial charge in [-0.15, -0.1) is 0 Å². The SMILES string of the molecule is CCOC(=O)/C=C/C1=C[C@H]2OC(=O)[C@H]3[C@H](c4ccc(OC)cc4)[C@@H]([C@@H]1O)[C@@]23OC. The van der Waals surface area contributed by atoms with Gasteiger partial charge in [-0.25, -0.2) is 4.79 Å². The third-order valence-electron chi connectivity index (χ3n) is 6.27. The summed E-state index contributed by atoms with van der Waals surface area (Å²) in [5.74, 6) is -1.29. The van der Waals surface area contributed by atoms with Gasteiger partial charge in [0.05, 0.1) is 25.7 Å². The second-order valence-electron chi connectivity index (χ2n) is 7.41. The monoisotopic (exact) mass is 400 g/mol. The number of esters is 2. The van der Waals surface area contributed by atoms with Crippen LogP contribution in [0, 0.1) is 11.8 Å². The number of aliphatic hydroxyl groups excluding tert-OH is 1. The average Bonchev–Trinajstić information content (AvgIpc) is 2.95. The molecule has 2 aliphatic carbocycles. The highest BCUT2D eigenvalue weighted by atomic mass is 16.6. The van der Waals surface area contributed by atoms with Gasteiger partial charge in [-0.2, -0.15) is 0 Å². The van der Waals surface area contributed by atoms with Crippen LogP contribution in [0.4, 0.5) is 0 Å². The fraction of sp³-hybridized carbons (Fsp3) is 0.455. The summed E-state index contributed by atoms with van der Waals surface area (Å²) in [6, 6.07) is 7.44.